The number of nitrogens with one attached hydrogen (secondary N) is 1. The maximum absolute atomic E-state index is 11.5. The van der Waals surface area contributed by atoms with E-state index in [2.05, 4.69) is 22.1 Å². The van der Waals surface area contributed by atoms with Gasteiger partial charge in [-0.3, -0.25) is 4.79 Å². The molecule has 5 nitrogen and oxygen atoms in total. The van der Waals surface area contributed by atoms with E-state index in [1.165, 1.54) is 5.56 Å². The molecule has 1 amide bonds. The molecule has 0 aromatic carbocycles. The Morgan fingerprint density at radius 1 is 1.50 bits per heavy atom. The van der Waals surface area contributed by atoms with Crippen molar-refractivity contribution in [3.63, 3.8) is 0 Å². The van der Waals surface area contributed by atoms with Crippen LogP contribution in [0.1, 0.15) is 12.0 Å². The fourth-order valence-electron chi connectivity index (χ4n) is 1.59. The average Bonchev–Trinajstić information content (AvgIpc) is 2.79. The topological polar surface area (TPSA) is 46.5 Å². The number of aryl methyl sites for hydroxylation is 1. The highest BCUT2D eigenvalue weighted by Crippen LogP contribution is 2.02. The molecule has 1 aromatic rings. The number of ether oxygens (including phenoxy) is 1. The second-order valence-corrected chi connectivity index (χ2v) is 4.47. The largest absolute Gasteiger partial charge is 0.383 e. The Hall–Kier alpha value is -1.33. The Balaban J connectivity index is 2.28. The maximum atomic E-state index is 11.5. The first-order chi connectivity index (χ1) is 8.63. The van der Waals surface area contributed by atoms with Crippen molar-refractivity contribution in [1.82, 2.24) is 14.8 Å². The number of carbonyl (C=O) groups excluding carboxylic acids is 1. The van der Waals surface area contributed by atoms with Gasteiger partial charge in [-0.25, -0.2) is 0 Å². The van der Waals surface area contributed by atoms with Crippen LogP contribution < -0.4 is 5.32 Å². The van der Waals surface area contributed by atoms with E-state index in [-0.39, 0.29) is 5.91 Å². The highest BCUT2D eigenvalue weighted by atomic mass is 16.5. The van der Waals surface area contributed by atoms with Gasteiger partial charge in [0.05, 0.1) is 6.61 Å². The molecule has 0 fully saturated rings. The van der Waals surface area contributed by atoms with Gasteiger partial charge in [-0.2, -0.15) is 0 Å². The van der Waals surface area contributed by atoms with Crippen molar-refractivity contribution in [3.05, 3.63) is 24.0 Å². The molecule has 0 unspecified atom stereocenters. The van der Waals surface area contributed by atoms with Crippen LogP contribution in [0.4, 0.5) is 0 Å². The van der Waals surface area contributed by atoms with Gasteiger partial charge in [0.15, 0.2) is 0 Å². The van der Waals surface area contributed by atoms with Gasteiger partial charge in [-0.1, -0.05) is 0 Å². The Bertz CT molecular complexity index is 361. The number of amides is 1. The van der Waals surface area contributed by atoms with Crippen LogP contribution in [0, 0.1) is 0 Å². The average molecular weight is 253 g/mol. The lowest BCUT2D eigenvalue weighted by atomic mass is 10.3. The smallest absolute Gasteiger partial charge is 0.223 e. The van der Waals surface area contributed by atoms with Gasteiger partial charge in [0.25, 0.3) is 0 Å². The van der Waals surface area contributed by atoms with Gasteiger partial charge in [0.2, 0.25) is 5.91 Å². The molecule has 0 spiro atoms. The van der Waals surface area contributed by atoms with E-state index in [9.17, 15) is 4.79 Å². The number of rotatable bonds is 8. The number of nitrogens with zero attached hydrogens (tertiary/aromatic N) is 2. The lowest BCUT2D eigenvalue weighted by Gasteiger charge is -2.10. The van der Waals surface area contributed by atoms with E-state index in [4.69, 9.17) is 4.74 Å². The van der Waals surface area contributed by atoms with Crippen LogP contribution in [0.3, 0.4) is 0 Å². The minimum absolute atomic E-state index is 0.156. The summed E-state index contributed by atoms with van der Waals surface area (Å²) >= 11 is 0. The molecular weight excluding hydrogens is 230 g/mol. The second kappa shape index (κ2) is 7.89. The first-order valence-electron chi connectivity index (χ1n) is 6.18. The monoisotopic (exact) mass is 253 g/mol. The first kappa shape index (κ1) is 14.7. The summed E-state index contributed by atoms with van der Waals surface area (Å²) in [6.45, 7) is 3.13. The fraction of sp³-hybridized carbons (Fsp3) is 0.615. The minimum atomic E-state index is 0.156. The van der Waals surface area contributed by atoms with Crippen LogP contribution in [0.2, 0.25) is 0 Å². The molecule has 0 aliphatic carbocycles. The van der Waals surface area contributed by atoms with Crippen molar-refractivity contribution in [2.75, 3.05) is 34.4 Å². The van der Waals surface area contributed by atoms with Crippen molar-refractivity contribution < 1.29 is 9.53 Å². The molecule has 0 radical (unpaired) electrons. The third-order valence-corrected chi connectivity index (χ3v) is 2.71. The number of carbonyl (C=O) groups is 1. The Morgan fingerprint density at radius 2 is 2.28 bits per heavy atom. The molecule has 18 heavy (non-hydrogen) atoms. The van der Waals surface area contributed by atoms with Gasteiger partial charge in [0.1, 0.15) is 0 Å². The van der Waals surface area contributed by atoms with E-state index in [1.54, 1.807) is 26.1 Å². The molecule has 0 aliphatic rings. The van der Waals surface area contributed by atoms with Crippen molar-refractivity contribution in [2.24, 2.45) is 0 Å². The summed E-state index contributed by atoms with van der Waals surface area (Å²) in [7, 11) is 5.26. The molecule has 1 N–H and O–H groups in total. The summed E-state index contributed by atoms with van der Waals surface area (Å²) in [5, 5.41) is 3.29. The molecule has 0 atom stereocenters. The van der Waals surface area contributed by atoms with Crippen molar-refractivity contribution in [3.8, 4) is 0 Å². The standard InChI is InChI=1S/C13H23N3O2/c1-15(2)13(17)5-8-16-7-4-12(11-16)10-14-6-9-18-3/h4,7,11,14H,5-6,8-10H2,1-3H3. The molecule has 102 valence electrons. The van der Waals surface area contributed by atoms with E-state index in [0.29, 0.717) is 6.42 Å². The van der Waals surface area contributed by atoms with Crippen LogP contribution in [0.15, 0.2) is 18.5 Å². The number of hydrogen-bond donors (Lipinski definition) is 1. The minimum Gasteiger partial charge on any atom is -0.383 e. The van der Waals surface area contributed by atoms with Gasteiger partial charge < -0.3 is 19.5 Å². The SMILES string of the molecule is COCCNCc1ccn(CCC(=O)N(C)C)c1. The summed E-state index contributed by atoms with van der Waals surface area (Å²) in [6.07, 6.45) is 4.62. The second-order valence-electron chi connectivity index (χ2n) is 4.47. The van der Waals surface area contributed by atoms with Crippen LogP contribution in [-0.2, 0) is 22.6 Å². The highest BCUT2D eigenvalue weighted by Gasteiger charge is 2.04. The summed E-state index contributed by atoms with van der Waals surface area (Å²) in [5.41, 5.74) is 1.23. The zero-order valence-electron chi connectivity index (χ0n) is 11.5. The third kappa shape index (κ3) is 5.33. The van der Waals surface area contributed by atoms with Crippen molar-refractivity contribution in [2.45, 2.75) is 19.5 Å². The Morgan fingerprint density at radius 3 is 2.94 bits per heavy atom. The first-order valence-corrected chi connectivity index (χ1v) is 6.18. The molecule has 1 heterocycles. The van der Waals surface area contributed by atoms with Crippen LogP contribution in [-0.4, -0.2) is 49.7 Å². The normalized spacial score (nSPS) is 10.6. The van der Waals surface area contributed by atoms with Crippen LogP contribution in [0.5, 0.6) is 0 Å². The van der Waals surface area contributed by atoms with Crippen LogP contribution >= 0.6 is 0 Å². The summed E-state index contributed by atoms with van der Waals surface area (Å²) in [4.78, 5) is 13.1. The van der Waals surface area contributed by atoms with Gasteiger partial charge in [0, 0.05) is 59.7 Å². The predicted octanol–water partition coefficient (Wildman–Crippen LogP) is 0.702. The van der Waals surface area contributed by atoms with E-state index < -0.39 is 0 Å². The zero-order chi connectivity index (χ0) is 13.4. The van der Waals surface area contributed by atoms with Crippen molar-refractivity contribution in [1.29, 1.82) is 0 Å². The predicted molar refractivity (Wildman–Crippen MR) is 71.3 cm³/mol. The molecule has 0 saturated heterocycles. The fourth-order valence-corrected chi connectivity index (χ4v) is 1.59. The Kier molecular flexibility index (Phi) is 6.46. The third-order valence-electron chi connectivity index (χ3n) is 2.71. The van der Waals surface area contributed by atoms with E-state index >= 15 is 0 Å². The quantitative estimate of drug-likeness (QED) is 0.694. The molecule has 5 heteroatoms. The van der Waals surface area contributed by atoms with Crippen LogP contribution in [0.25, 0.3) is 0 Å². The molecule has 1 rings (SSSR count). The Labute approximate surface area is 109 Å². The number of aromatic nitrogens is 1. The zero-order valence-corrected chi connectivity index (χ0v) is 11.5. The lowest BCUT2D eigenvalue weighted by Crippen LogP contribution is -2.22. The van der Waals surface area contributed by atoms with E-state index in [0.717, 1.165) is 26.2 Å². The van der Waals surface area contributed by atoms with Gasteiger partial charge in [-0.05, 0) is 11.6 Å². The maximum Gasteiger partial charge on any atom is 0.223 e. The lowest BCUT2D eigenvalue weighted by molar-refractivity contribution is -0.128. The van der Waals surface area contributed by atoms with Crippen molar-refractivity contribution >= 4 is 5.91 Å². The highest BCUT2D eigenvalue weighted by molar-refractivity contribution is 5.75. The van der Waals surface area contributed by atoms with Gasteiger partial charge in [-0.15, -0.1) is 0 Å². The summed E-state index contributed by atoms with van der Waals surface area (Å²) < 4.78 is 7.01. The van der Waals surface area contributed by atoms with E-state index in [1.807, 2.05) is 6.20 Å². The molecular formula is C13H23N3O2. The molecule has 1 aromatic heterocycles. The summed E-state index contributed by atoms with van der Waals surface area (Å²) in [5.74, 6) is 0.156. The molecule has 0 aliphatic heterocycles. The summed E-state index contributed by atoms with van der Waals surface area (Å²) in [6, 6.07) is 2.07. The number of methoxy groups -OCH3 is 1. The number of hydrogen-bond acceptors (Lipinski definition) is 3. The molecule has 0 saturated carbocycles. The van der Waals surface area contributed by atoms with Gasteiger partial charge >= 0.3 is 0 Å². The molecule has 0 bridgehead atoms.